The fourth-order valence-corrected chi connectivity index (χ4v) is 2.50. The van der Waals surface area contributed by atoms with Crippen molar-refractivity contribution in [2.45, 2.75) is 19.5 Å². The zero-order valence-corrected chi connectivity index (χ0v) is 13.7. The Balaban J connectivity index is 2.11. The molecule has 0 fully saturated rings. The number of carbonyl (C=O) groups excluding carboxylic acids is 1. The molecule has 2 N–H and O–H groups in total. The fraction of sp³-hybridized carbons (Fsp3) is 0.263. The Morgan fingerprint density at radius 2 is 1.62 bits per heavy atom. The lowest BCUT2D eigenvalue weighted by Crippen LogP contribution is -2.40. The molecule has 1 amide bonds. The summed E-state index contributed by atoms with van der Waals surface area (Å²) >= 11 is 0. The molecule has 0 spiro atoms. The number of hydrogen-bond acceptors (Lipinski definition) is 3. The number of hydrogen-bond donors (Lipinski definition) is 2. The van der Waals surface area contributed by atoms with Gasteiger partial charge in [-0.15, -0.1) is 0 Å². The maximum atomic E-state index is 12.1. The van der Waals surface area contributed by atoms with Gasteiger partial charge >= 0.3 is 5.97 Å². The molecule has 0 aliphatic carbocycles. The maximum absolute atomic E-state index is 12.1. The van der Waals surface area contributed by atoms with Gasteiger partial charge in [0, 0.05) is 12.6 Å². The first-order valence-electron chi connectivity index (χ1n) is 7.87. The van der Waals surface area contributed by atoms with Crippen molar-refractivity contribution < 1.29 is 14.7 Å². The third-order valence-electron chi connectivity index (χ3n) is 3.84. The Hall–Kier alpha value is -2.66. The van der Waals surface area contributed by atoms with Gasteiger partial charge in [-0.1, -0.05) is 60.7 Å². The highest BCUT2D eigenvalue weighted by atomic mass is 16.4. The van der Waals surface area contributed by atoms with E-state index in [0.29, 0.717) is 6.54 Å². The normalized spacial score (nSPS) is 11.9. The summed E-state index contributed by atoms with van der Waals surface area (Å²) < 4.78 is 0. The third-order valence-corrected chi connectivity index (χ3v) is 3.84. The van der Waals surface area contributed by atoms with Crippen LogP contribution >= 0.6 is 0 Å². The van der Waals surface area contributed by atoms with E-state index in [1.165, 1.54) is 0 Å². The van der Waals surface area contributed by atoms with Crippen LogP contribution in [0.2, 0.25) is 0 Å². The average Bonchev–Trinajstić information content (AvgIpc) is 2.60. The Kier molecular flexibility index (Phi) is 6.51. The summed E-state index contributed by atoms with van der Waals surface area (Å²) in [6, 6.07) is 19.9. The van der Waals surface area contributed by atoms with E-state index in [-0.39, 0.29) is 25.0 Å². The molecule has 5 heteroatoms. The van der Waals surface area contributed by atoms with Gasteiger partial charge in [-0.2, -0.15) is 0 Å². The molecule has 0 radical (unpaired) electrons. The zero-order chi connectivity index (χ0) is 17.4. The molecule has 0 aliphatic rings. The van der Waals surface area contributed by atoms with Gasteiger partial charge in [-0.3, -0.25) is 14.5 Å². The molecule has 0 aromatic heterocycles. The van der Waals surface area contributed by atoms with E-state index in [9.17, 15) is 9.59 Å². The summed E-state index contributed by atoms with van der Waals surface area (Å²) in [6.07, 6.45) is 0. The summed E-state index contributed by atoms with van der Waals surface area (Å²) in [5, 5.41) is 11.1. The van der Waals surface area contributed by atoms with Crippen molar-refractivity contribution in [2.75, 3.05) is 13.1 Å². The van der Waals surface area contributed by atoms with Crippen LogP contribution in [0.25, 0.3) is 0 Å². The van der Waals surface area contributed by atoms with Crippen molar-refractivity contribution in [3.8, 4) is 0 Å². The molecule has 1 unspecified atom stereocenters. The number of nitrogens with zero attached hydrogens (tertiary/aromatic N) is 1. The van der Waals surface area contributed by atoms with Gasteiger partial charge < -0.3 is 10.4 Å². The number of carbonyl (C=O) groups is 2. The van der Waals surface area contributed by atoms with Gasteiger partial charge in [0.25, 0.3) is 0 Å². The van der Waals surface area contributed by atoms with Crippen LogP contribution in [0.1, 0.15) is 24.1 Å². The van der Waals surface area contributed by atoms with Crippen LogP contribution in [0.3, 0.4) is 0 Å². The summed E-state index contributed by atoms with van der Waals surface area (Å²) in [4.78, 5) is 24.7. The zero-order valence-electron chi connectivity index (χ0n) is 13.7. The van der Waals surface area contributed by atoms with Crippen LogP contribution in [-0.4, -0.2) is 35.0 Å². The van der Waals surface area contributed by atoms with Crippen LogP contribution in [0.5, 0.6) is 0 Å². The average molecular weight is 326 g/mol. The number of carboxylic acids is 1. The van der Waals surface area contributed by atoms with E-state index >= 15 is 0 Å². The lowest BCUT2D eigenvalue weighted by molar-refractivity contribution is -0.138. The van der Waals surface area contributed by atoms with Crippen molar-refractivity contribution >= 4 is 11.9 Å². The maximum Gasteiger partial charge on any atom is 0.322 e. The van der Waals surface area contributed by atoms with Crippen LogP contribution in [0.15, 0.2) is 60.7 Å². The predicted molar refractivity (Wildman–Crippen MR) is 92.4 cm³/mol. The first-order chi connectivity index (χ1) is 11.6. The van der Waals surface area contributed by atoms with E-state index in [4.69, 9.17) is 5.11 Å². The van der Waals surface area contributed by atoms with Gasteiger partial charge in [-0.25, -0.2) is 0 Å². The van der Waals surface area contributed by atoms with Crippen molar-refractivity contribution in [1.82, 2.24) is 10.2 Å². The second kappa shape index (κ2) is 8.84. The van der Waals surface area contributed by atoms with E-state index in [2.05, 4.69) is 5.32 Å². The number of carboxylic acid groups (broad SMARTS) is 1. The minimum Gasteiger partial charge on any atom is -0.480 e. The molecule has 2 rings (SSSR count). The number of rotatable bonds is 8. The monoisotopic (exact) mass is 326 g/mol. The molecule has 1 atom stereocenters. The third kappa shape index (κ3) is 5.52. The number of aliphatic carboxylic acids is 1. The number of amides is 1. The second-order valence-electron chi connectivity index (χ2n) is 5.65. The van der Waals surface area contributed by atoms with Crippen LogP contribution in [0, 0.1) is 0 Å². The van der Waals surface area contributed by atoms with Crippen LogP contribution in [-0.2, 0) is 16.1 Å². The standard InChI is InChI=1S/C19H22N2O3/c1-15(17-10-6-3-7-11-17)21(13-16-8-4-2-5-9-16)14-18(22)20-12-19(23)24/h2-11,15H,12-14H2,1H3,(H,20,22)(H,23,24). The topological polar surface area (TPSA) is 69.6 Å². The van der Waals surface area contributed by atoms with Gasteiger partial charge in [0.2, 0.25) is 5.91 Å². The first-order valence-corrected chi connectivity index (χ1v) is 7.87. The molecule has 126 valence electrons. The Labute approximate surface area is 141 Å². The Bertz CT molecular complexity index is 659. The molecule has 0 bridgehead atoms. The van der Waals surface area contributed by atoms with Crippen LogP contribution in [0.4, 0.5) is 0 Å². The molecule has 2 aromatic rings. The van der Waals surface area contributed by atoms with E-state index in [0.717, 1.165) is 11.1 Å². The fourth-order valence-electron chi connectivity index (χ4n) is 2.50. The van der Waals surface area contributed by atoms with Gasteiger partial charge in [0.1, 0.15) is 6.54 Å². The number of benzene rings is 2. The number of nitrogens with one attached hydrogen (secondary N) is 1. The quantitative estimate of drug-likeness (QED) is 0.782. The summed E-state index contributed by atoms with van der Waals surface area (Å²) in [6.45, 7) is 2.43. The van der Waals surface area contributed by atoms with E-state index in [1.807, 2.05) is 72.5 Å². The van der Waals surface area contributed by atoms with Crippen molar-refractivity contribution in [1.29, 1.82) is 0 Å². The molecule has 0 saturated carbocycles. The molecule has 24 heavy (non-hydrogen) atoms. The Morgan fingerprint density at radius 1 is 1.04 bits per heavy atom. The van der Waals surface area contributed by atoms with Gasteiger partial charge in [0.15, 0.2) is 0 Å². The minimum absolute atomic E-state index is 0.0296. The van der Waals surface area contributed by atoms with Crippen molar-refractivity contribution in [3.63, 3.8) is 0 Å². The lowest BCUT2D eigenvalue weighted by Gasteiger charge is -2.29. The largest absolute Gasteiger partial charge is 0.480 e. The SMILES string of the molecule is CC(c1ccccc1)N(CC(=O)NCC(=O)O)Cc1ccccc1. The molecule has 0 aliphatic heterocycles. The first kappa shape index (κ1) is 17.7. The van der Waals surface area contributed by atoms with Gasteiger partial charge in [0.05, 0.1) is 6.54 Å². The second-order valence-corrected chi connectivity index (χ2v) is 5.65. The molecule has 5 nitrogen and oxygen atoms in total. The highest BCUT2D eigenvalue weighted by Crippen LogP contribution is 2.21. The van der Waals surface area contributed by atoms with Crippen molar-refractivity contribution in [2.24, 2.45) is 0 Å². The molecular formula is C19H22N2O3. The lowest BCUT2D eigenvalue weighted by atomic mass is 10.1. The highest BCUT2D eigenvalue weighted by Gasteiger charge is 2.19. The summed E-state index contributed by atoms with van der Waals surface area (Å²) in [7, 11) is 0. The Morgan fingerprint density at radius 3 is 2.21 bits per heavy atom. The van der Waals surface area contributed by atoms with Crippen molar-refractivity contribution in [3.05, 3.63) is 71.8 Å². The van der Waals surface area contributed by atoms with Crippen LogP contribution < -0.4 is 5.32 Å². The molecular weight excluding hydrogens is 304 g/mol. The smallest absolute Gasteiger partial charge is 0.322 e. The van der Waals surface area contributed by atoms with E-state index < -0.39 is 5.97 Å². The van der Waals surface area contributed by atoms with Gasteiger partial charge in [-0.05, 0) is 18.1 Å². The molecule has 0 saturated heterocycles. The summed E-state index contributed by atoms with van der Waals surface area (Å²) in [5.41, 5.74) is 2.21. The molecule has 2 aromatic carbocycles. The summed E-state index contributed by atoms with van der Waals surface area (Å²) in [5.74, 6) is -1.34. The molecule has 0 heterocycles. The minimum atomic E-state index is -1.05. The predicted octanol–water partition coefficient (Wildman–Crippen LogP) is 2.45. The highest BCUT2D eigenvalue weighted by molar-refractivity contribution is 5.82. The van der Waals surface area contributed by atoms with E-state index in [1.54, 1.807) is 0 Å².